The van der Waals surface area contributed by atoms with Crippen molar-refractivity contribution in [1.82, 2.24) is 0 Å². The summed E-state index contributed by atoms with van der Waals surface area (Å²) in [6.45, 7) is 0. The van der Waals surface area contributed by atoms with E-state index in [1.165, 1.54) is 12.2 Å². The normalized spacial score (nSPS) is 10.4. The van der Waals surface area contributed by atoms with Gasteiger partial charge in [0.1, 0.15) is 0 Å². The molecular formula is C3H5Al2NO3S. The molecule has 1 aliphatic heterocycles. The molecule has 4 nitrogen and oxygen atoms in total. The summed E-state index contributed by atoms with van der Waals surface area (Å²) in [6.07, 6.45) is 3.12. The zero-order valence-electron chi connectivity index (χ0n) is 5.23. The third kappa shape index (κ3) is 16.0. The van der Waals surface area contributed by atoms with E-state index in [0.717, 1.165) is 0 Å². The van der Waals surface area contributed by atoms with E-state index in [1.54, 1.807) is 11.9 Å². The fraction of sp³-hybridized carbons (Fsp3) is 0.667. The van der Waals surface area contributed by atoms with Gasteiger partial charge in [0.15, 0.2) is 0 Å². The minimum atomic E-state index is 0. The van der Waals surface area contributed by atoms with E-state index in [2.05, 4.69) is 4.40 Å². The first-order valence-electron chi connectivity index (χ1n) is 1.64. The molecule has 0 saturated carbocycles. The Morgan fingerprint density at radius 2 is 1.60 bits per heavy atom. The molecule has 52 valence electrons. The fourth-order valence-corrected chi connectivity index (χ4v) is 0.791. The Balaban J connectivity index is -0.0000000167. The van der Waals surface area contributed by atoms with Gasteiger partial charge in [-0.2, -0.15) is 0 Å². The van der Waals surface area contributed by atoms with Gasteiger partial charge in [-0.1, -0.05) is 0 Å². The SMILES string of the molecule is C1=NSCC1.[Al+3].[Al+3].[O-2].[O-2].[O-2]. The molecule has 1 heterocycles. The smallest absolute Gasteiger partial charge is 2.00 e. The van der Waals surface area contributed by atoms with Gasteiger partial charge in [-0.25, -0.2) is 4.40 Å². The summed E-state index contributed by atoms with van der Waals surface area (Å²) in [4.78, 5) is 0. The Kier molecular flexibility index (Phi) is 68.9. The monoisotopic (exact) mass is 189 g/mol. The minimum Gasteiger partial charge on any atom is -2.00 e. The molecule has 0 fully saturated rings. The summed E-state index contributed by atoms with van der Waals surface area (Å²) in [6, 6.07) is 0. The van der Waals surface area contributed by atoms with Gasteiger partial charge in [-0.15, -0.1) is 0 Å². The summed E-state index contributed by atoms with van der Waals surface area (Å²) in [5.41, 5.74) is 0. The van der Waals surface area contributed by atoms with Gasteiger partial charge in [-0.05, 0) is 18.4 Å². The minimum absolute atomic E-state index is 0. The van der Waals surface area contributed by atoms with Crippen molar-refractivity contribution in [2.24, 2.45) is 4.40 Å². The first kappa shape index (κ1) is 30.6. The molecule has 1 aliphatic rings. The van der Waals surface area contributed by atoms with Gasteiger partial charge in [0.25, 0.3) is 0 Å². The second-order valence-corrected chi connectivity index (χ2v) is 1.79. The van der Waals surface area contributed by atoms with Crippen molar-refractivity contribution in [3.05, 3.63) is 0 Å². The molecule has 0 aromatic carbocycles. The number of hydrogen-bond acceptors (Lipinski definition) is 2. The average molecular weight is 189 g/mol. The van der Waals surface area contributed by atoms with Crippen molar-refractivity contribution in [2.75, 3.05) is 5.75 Å². The topological polar surface area (TPSA) is 97.9 Å². The van der Waals surface area contributed by atoms with E-state index in [-0.39, 0.29) is 51.2 Å². The van der Waals surface area contributed by atoms with Gasteiger partial charge >= 0.3 is 34.7 Å². The molecule has 0 radical (unpaired) electrons. The Hall–Kier alpha value is 0.965. The molecule has 0 spiro atoms. The molecule has 0 saturated heterocycles. The Labute approximate surface area is 85.8 Å². The van der Waals surface area contributed by atoms with Crippen molar-refractivity contribution in [2.45, 2.75) is 6.42 Å². The van der Waals surface area contributed by atoms with E-state index >= 15 is 0 Å². The molecule has 0 aromatic heterocycles. The zero-order valence-corrected chi connectivity index (χ0v) is 8.35. The third-order valence-corrected chi connectivity index (χ3v) is 1.20. The van der Waals surface area contributed by atoms with Crippen LogP contribution in [0.3, 0.4) is 0 Å². The van der Waals surface area contributed by atoms with Crippen LogP contribution in [0.4, 0.5) is 0 Å². The number of rotatable bonds is 0. The van der Waals surface area contributed by atoms with Crippen molar-refractivity contribution in [3.63, 3.8) is 0 Å². The molecule has 0 aliphatic carbocycles. The molecule has 0 aromatic rings. The standard InChI is InChI=1S/C3H5NS.2Al.3O/c1-2-4-5-3-1;;;;;/h2H,1,3H2;;;;;/q;2*+3;3*-2. The van der Waals surface area contributed by atoms with Crippen LogP contribution in [0.25, 0.3) is 0 Å². The molecular weight excluding hydrogens is 184 g/mol. The van der Waals surface area contributed by atoms with Crippen LogP contribution in [0.5, 0.6) is 0 Å². The molecule has 10 heavy (non-hydrogen) atoms. The quantitative estimate of drug-likeness (QED) is 0.388. The van der Waals surface area contributed by atoms with Crippen molar-refractivity contribution >= 4 is 52.9 Å². The zero-order chi connectivity index (χ0) is 3.54. The molecule has 0 amide bonds. The van der Waals surface area contributed by atoms with Crippen LogP contribution in [0.1, 0.15) is 6.42 Å². The van der Waals surface area contributed by atoms with E-state index in [4.69, 9.17) is 0 Å². The van der Waals surface area contributed by atoms with Crippen molar-refractivity contribution < 1.29 is 16.4 Å². The predicted octanol–water partition coefficient (Wildman–Crippen LogP) is -0.00890. The van der Waals surface area contributed by atoms with Crippen LogP contribution in [0.15, 0.2) is 4.40 Å². The first-order valence-corrected chi connectivity index (χ1v) is 2.58. The number of nitrogens with zero attached hydrogens (tertiary/aromatic N) is 1. The molecule has 7 heteroatoms. The summed E-state index contributed by atoms with van der Waals surface area (Å²) < 4.78 is 3.88. The second kappa shape index (κ2) is 22.5. The van der Waals surface area contributed by atoms with Gasteiger partial charge in [0.05, 0.1) is 0 Å². The molecule has 0 N–H and O–H groups in total. The van der Waals surface area contributed by atoms with Gasteiger partial charge in [0.2, 0.25) is 0 Å². The van der Waals surface area contributed by atoms with E-state index < -0.39 is 0 Å². The third-order valence-electron chi connectivity index (χ3n) is 0.487. The molecule has 0 unspecified atom stereocenters. The average Bonchev–Trinajstić information content (AvgIpc) is 1.76. The Bertz CT molecular complexity index is 59.7. The summed E-state index contributed by atoms with van der Waals surface area (Å²) in [5, 5.41) is 0. The van der Waals surface area contributed by atoms with Crippen LogP contribution < -0.4 is 0 Å². The van der Waals surface area contributed by atoms with Crippen molar-refractivity contribution in [1.29, 1.82) is 0 Å². The molecule has 0 bridgehead atoms. The maximum atomic E-state index is 3.88. The fourth-order valence-electron chi connectivity index (χ4n) is 0.264. The molecule has 0 atom stereocenters. The summed E-state index contributed by atoms with van der Waals surface area (Å²) >= 11 is 1.64. The van der Waals surface area contributed by atoms with Gasteiger partial charge < -0.3 is 16.4 Å². The van der Waals surface area contributed by atoms with Gasteiger partial charge in [0, 0.05) is 12.0 Å². The van der Waals surface area contributed by atoms with Crippen LogP contribution in [-0.2, 0) is 16.4 Å². The Morgan fingerprint density at radius 3 is 1.70 bits per heavy atom. The Morgan fingerprint density at radius 1 is 1.10 bits per heavy atom. The van der Waals surface area contributed by atoms with Gasteiger partial charge in [-0.3, -0.25) is 0 Å². The van der Waals surface area contributed by atoms with Crippen LogP contribution in [-0.4, -0.2) is 46.7 Å². The van der Waals surface area contributed by atoms with E-state index in [1.807, 2.05) is 6.21 Å². The van der Waals surface area contributed by atoms with Crippen molar-refractivity contribution in [3.8, 4) is 0 Å². The molecule has 1 rings (SSSR count). The first-order chi connectivity index (χ1) is 2.50. The van der Waals surface area contributed by atoms with Crippen LogP contribution in [0, 0.1) is 0 Å². The summed E-state index contributed by atoms with van der Waals surface area (Å²) in [7, 11) is 0. The second-order valence-electron chi connectivity index (χ2n) is 0.910. The van der Waals surface area contributed by atoms with Crippen LogP contribution >= 0.6 is 11.9 Å². The largest absolute Gasteiger partial charge is 3.00 e. The maximum Gasteiger partial charge on any atom is 3.00 e. The van der Waals surface area contributed by atoms with E-state index in [0.29, 0.717) is 0 Å². The van der Waals surface area contributed by atoms with Crippen LogP contribution in [0.2, 0.25) is 0 Å². The maximum absolute atomic E-state index is 3.88. The number of hydrogen-bond donors (Lipinski definition) is 0. The predicted molar refractivity (Wildman–Crippen MR) is 39.1 cm³/mol. The van der Waals surface area contributed by atoms with E-state index in [9.17, 15) is 0 Å². The summed E-state index contributed by atoms with van der Waals surface area (Å²) in [5.74, 6) is 1.19.